The van der Waals surface area contributed by atoms with Gasteiger partial charge >= 0.3 is 0 Å². The molecule has 0 aliphatic carbocycles. The number of carbonyl (C=O) groups excluding carboxylic acids is 1. The van der Waals surface area contributed by atoms with Crippen LogP contribution in [0.25, 0.3) is 0 Å². The predicted molar refractivity (Wildman–Crippen MR) is 91.0 cm³/mol. The summed E-state index contributed by atoms with van der Waals surface area (Å²) in [7, 11) is 6.17. The van der Waals surface area contributed by atoms with Gasteiger partial charge in [0, 0.05) is 36.3 Å². The average molecular weight is 342 g/mol. The zero-order valence-corrected chi connectivity index (χ0v) is 14.7. The summed E-state index contributed by atoms with van der Waals surface area (Å²) in [6, 6.07) is 5.01. The highest BCUT2D eigenvalue weighted by Crippen LogP contribution is 2.21. The number of nitrogens with zero attached hydrogens (tertiary/aromatic N) is 2. The normalized spacial score (nSPS) is 22.9. The first-order valence-electron chi connectivity index (χ1n) is 7.94. The van der Waals surface area contributed by atoms with Crippen molar-refractivity contribution in [3.05, 3.63) is 34.6 Å². The van der Waals surface area contributed by atoms with Gasteiger partial charge in [0.05, 0.1) is 5.92 Å². The Bertz CT molecular complexity index is 532. The van der Waals surface area contributed by atoms with E-state index in [0.29, 0.717) is 16.6 Å². The molecule has 1 fully saturated rings. The molecule has 2 atom stereocenters. The average Bonchev–Trinajstić information content (AvgIpc) is 2.68. The van der Waals surface area contributed by atoms with Gasteiger partial charge in [0.2, 0.25) is 5.91 Å². The SMILES string of the molecule is CN1C[C@H](C(=O)NCc2c(F)cccc2Cl)CC[C@H](N(C)C)C1. The highest BCUT2D eigenvalue weighted by atomic mass is 35.5. The van der Waals surface area contributed by atoms with E-state index in [0.717, 1.165) is 25.9 Å². The molecule has 0 spiro atoms. The number of halogens is 2. The van der Waals surface area contributed by atoms with Gasteiger partial charge in [0.1, 0.15) is 5.82 Å². The van der Waals surface area contributed by atoms with Crippen LogP contribution >= 0.6 is 11.6 Å². The zero-order valence-electron chi connectivity index (χ0n) is 14.0. The molecule has 1 aliphatic rings. The Balaban J connectivity index is 1.95. The van der Waals surface area contributed by atoms with Crippen LogP contribution in [0.15, 0.2) is 18.2 Å². The van der Waals surface area contributed by atoms with E-state index < -0.39 is 0 Å². The van der Waals surface area contributed by atoms with Gasteiger partial charge in [-0.1, -0.05) is 17.7 Å². The van der Waals surface area contributed by atoms with E-state index in [1.54, 1.807) is 12.1 Å². The molecule has 128 valence electrons. The van der Waals surface area contributed by atoms with Gasteiger partial charge in [0.15, 0.2) is 0 Å². The standard InChI is InChI=1S/C17H25ClFN3O/c1-21(2)13-8-7-12(10-22(3)11-13)17(23)20-9-14-15(18)5-4-6-16(14)19/h4-6,12-13H,7-11H2,1-3H3,(H,20,23)/t12-,13+/m1/s1. The maximum atomic E-state index is 13.8. The van der Waals surface area contributed by atoms with Crippen molar-refractivity contribution in [2.45, 2.75) is 25.4 Å². The van der Waals surface area contributed by atoms with Crippen LogP contribution in [0, 0.1) is 11.7 Å². The van der Waals surface area contributed by atoms with E-state index in [9.17, 15) is 9.18 Å². The van der Waals surface area contributed by atoms with Crippen molar-refractivity contribution in [1.82, 2.24) is 15.1 Å². The smallest absolute Gasteiger partial charge is 0.224 e. The number of rotatable bonds is 4. The molecule has 1 amide bonds. The lowest BCUT2D eigenvalue weighted by molar-refractivity contribution is -0.125. The monoisotopic (exact) mass is 341 g/mol. The van der Waals surface area contributed by atoms with E-state index in [2.05, 4.69) is 29.2 Å². The van der Waals surface area contributed by atoms with E-state index >= 15 is 0 Å². The third-order valence-corrected chi connectivity index (χ3v) is 4.86. The van der Waals surface area contributed by atoms with Crippen molar-refractivity contribution in [2.75, 3.05) is 34.2 Å². The molecular weight excluding hydrogens is 317 g/mol. The number of carbonyl (C=O) groups is 1. The summed E-state index contributed by atoms with van der Waals surface area (Å²) in [5, 5.41) is 3.18. The Hall–Kier alpha value is -1.17. The summed E-state index contributed by atoms with van der Waals surface area (Å²) in [6.07, 6.45) is 1.82. The second-order valence-corrected chi connectivity index (χ2v) is 6.94. The Labute approximate surface area is 142 Å². The first-order valence-corrected chi connectivity index (χ1v) is 8.32. The number of hydrogen-bond acceptors (Lipinski definition) is 3. The fourth-order valence-corrected chi connectivity index (χ4v) is 3.27. The van der Waals surface area contributed by atoms with Crippen molar-refractivity contribution < 1.29 is 9.18 Å². The molecule has 1 aliphatic heterocycles. The van der Waals surface area contributed by atoms with Gasteiger partial charge in [-0.2, -0.15) is 0 Å². The summed E-state index contributed by atoms with van der Waals surface area (Å²) >= 11 is 6.00. The molecule has 0 saturated carbocycles. The lowest BCUT2D eigenvalue weighted by Crippen LogP contribution is -2.39. The van der Waals surface area contributed by atoms with Crippen LogP contribution in [0.3, 0.4) is 0 Å². The summed E-state index contributed by atoms with van der Waals surface area (Å²) in [6.45, 7) is 1.80. The minimum Gasteiger partial charge on any atom is -0.352 e. The van der Waals surface area contributed by atoms with E-state index in [4.69, 9.17) is 11.6 Å². The fourth-order valence-electron chi connectivity index (χ4n) is 3.04. The molecule has 1 aromatic carbocycles. The number of benzene rings is 1. The largest absolute Gasteiger partial charge is 0.352 e. The van der Waals surface area contributed by atoms with Crippen molar-refractivity contribution in [3.63, 3.8) is 0 Å². The summed E-state index contributed by atoms with van der Waals surface area (Å²) < 4.78 is 13.8. The zero-order chi connectivity index (χ0) is 17.0. The molecule has 0 aromatic heterocycles. The minimum atomic E-state index is -0.386. The van der Waals surface area contributed by atoms with E-state index in [1.807, 2.05) is 7.05 Å². The Kier molecular flexibility index (Phi) is 6.39. The molecule has 1 saturated heterocycles. The quantitative estimate of drug-likeness (QED) is 0.913. The summed E-state index contributed by atoms with van der Waals surface area (Å²) in [4.78, 5) is 16.8. The minimum absolute atomic E-state index is 0.0319. The van der Waals surface area contributed by atoms with Crippen LogP contribution in [-0.4, -0.2) is 56.0 Å². The molecule has 0 radical (unpaired) electrons. The fraction of sp³-hybridized carbons (Fsp3) is 0.588. The number of likely N-dealkylation sites (tertiary alicyclic amines) is 1. The van der Waals surface area contributed by atoms with Crippen molar-refractivity contribution in [3.8, 4) is 0 Å². The highest BCUT2D eigenvalue weighted by Gasteiger charge is 2.27. The van der Waals surface area contributed by atoms with Crippen LogP contribution in [0.5, 0.6) is 0 Å². The highest BCUT2D eigenvalue weighted by molar-refractivity contribution is 6.31. The third kappa shape index (κ3) is 4.90. The molecule has 23 heavy (non-hydrogen) atoms. The topological polar surface area (TPSA) is 35.6 Å². The van der Waals surface area contributed by atoms with E-state index in [-0.39, 0.29) is 24.2 Å². The van der Waals surface area contributed by atoms with Crippen LogP contribution in [0.2, 0.25) is 5.02 Å². The number of likely N-dealkylation sites (N-methyl/N-ethyl adjacent to an activating group) is 2. The predicted octanol–water partition coefficient (Wildman–Crippen LogP) is 2.37. The first kappa shape index (κ1) is 18.2. The van der Waals surface area contributed by atoms with Crippen LogP contribution in [-0.2, 0) is 11.3 Å². The molecule has 1 heterocycles. The van der Waals surface area contributed by atoms with Crippen molar-refractivity contribution in [1.29, 1.82) is 0 Å². The second-order valence-electron chi connectivity index (χ2n) is 6.53. The third-order valence-electron chi connectivity index (χ3n) is 4.51. The Morgan fingerprint density at radius 1 is 1.39 bits per heavy atom. The van der Waals surface area contributed by atoms with Crippen molar-refractivity contribution in [2.24, 2.45) is 5.92 Å². The molecule has 1 N–H and O–H groups in total. The van der Waals surface area contributed by atoms with Crippen LogP contribution < -0.4 is 5.32 Å². The number of nitrogens with one attached hydrogen (secondary N) is 1. The second kappa shape index (κ2) is 8.08. The summed E-state index contributed by atoms with van der Waals surface area (Å²) in [5.41, 5.74) is 0.343. The van der Waals surface area contributed by atoms with Gasteiger partial charge < -0.3 is 15.1 Å². The van der Waals surface area contributed by atoms with Gasteiger partial charge in [0.25, 0.3) is 0 Å². The lowest BCUT2D eigenvalue weighted by Gasteiger charge is -2.25. The van der Waals surface area contributed by atoms with Gasteiger partial charge in [-0.15, -0.1) is 0 Å². The Morgan fingerprint density at radius 3 is 2.78 bits per heavy atom. The molecular formula is C17H25ClFN3O. The maximum absolute atomic E-state index is 13.8. The molecule has 6 heteroatoms. The molecule has 4 nitrogen and oxygen atoms in total. The van der Waals surface area contributed by atoms with Gasteiger partial charge in [-0.05, 0) is 46.1 Å². The summed E-state index contributed by atoms with van der Waals surface area (Å²) in [5.74, 6) is -0.491. The molecule has 2 rings (SSSR count). The van der Waals surface area contributed by atoms with Gasteiger partial charge in [-0.3, -0.25) is 4.79 Å². The number of amides is 1. The Morgan fingerprint density at radius 2 is 2.13 bits per heavy atom. The molecule has 0 bridgehead atoms. The lowest BCUT2D eigenvalue weighted by atomic mass is 10.0. The van der Waals surface area contributed by atoms with Crippen molar-refractivity contribution >= 4 is 17.5 Å². The van der Waals surface area contributed by atoms with E-state index in [1.165, 1.54) is 6.07 Å². The molecule has 1 aromatic rings. The maximum Gasteiger partial charge on any atom is 0.224 e. The molecule has 0 unspecified atom stereocenters. The van der Waals surface area contributed by atoms with Crippen LogP contribution in [0.4, 0.5) is 4.39 Å². The van der Waals surface area contributed by atoms with Gasteiger partial charge in [-0.25, -0.2) is 4.39 Å². The van der Waals surface area contributed by atoms with Crippen LogP contribution in [0.1, 0.15) is 18.4 Å². The first-order chi connectivity index (χ1) is 10.9. The number of hydrogen-bond donors (Lipinski definition) is 1.